The maximum absolute atomic E-state index is 13.7. The second-order valence-corrected chi connectivity index (χ2v) is 11.3. The molecule has 37 heavy (non-hydrogen) atoms. The van der Waals surface area contributed by atoms with Gasteiger partial charge in [0.25, 0.3) is 11.8 Å². The molecule has 2 aromatic rings. The molecule has 6 nitrogen and oxygen atoms in total. The molecular weight excluding hydrogens is 502 g/mol. The van der Waals surface area contributed by atoms with Crippen LogP contribution in [0.1, 0.15) is 56.2 Å². The van der Waals surface area contributed by atoms with Crippen LogP contribution in [0.4, 0.5) is 11.4 Å². The highest BCUT2D eigenvalue weighted by Gasteiger charge is 2.42. The first-order valence-corrected chi connectivity index (χ1v) is 14.0. The summed E-state index contributed by atoms with van der Waals surface area (Å²) in [6.07, 6.45) is 4.23. The summed E-state index contributed by atoms with van der Waals surface area (Å²) < 4.78 is 0.485. The molecule has 0 aromatic heterocycles. The summed E-state index contributed by atoms with van der Waals surface area (Å²) in [6.45, 7) is 8.64. The minimum Gasteiger partial charge on any atom is -0.324 e. The summed E-state index contributed by atoms with van der Waals surface area (Å²) in [7, 11) is 0. The molecule has 0 bridgehead atoms. The van der Waals surface area contributed by atoms with E-state index in [0.29, 0.717) is 44.2 Å². The fourth-order valence-corrected chi connectivity index (χ4v) is 6.17. The molecule has 0 unspecified atom stereocenters. The van der Waals surface area contributed by atoms with Crippen molar-refractivity contribution in [2.75, 3.05) is 23.3 Å². The van der Waals surface area contributed by atoms with Crippen LogP contribution in [0.15, 0.2) is 47.4 Å². The number of hydrogen-bond acceptors (Lipinski definition) is 5. The second-order valence-electron chi connectivity index (χ2n) is 9.68. The zero-order valence-electron chi connectivity index (χ0n) is 21.8. The highest BCUT2D eigenvalue weighted by atomic mass is 32.2. The molecule has 2 aliphatic rings. The molecule has 8 heteroatoms. The average molecular weight is 536 g/mol. The number of amides is 3. The lowest BCUT2D eigenvalue weighted by Gasteiger charge is -2.21. The van der Waals surface area contributed by atoms with Crippen molar-refractivity contribution >= 4 is 63.0 Å². The Kier molecular flexibility index (Phi) is 8.49. The lowest BCUT2D eigenvalue weighted by atomic mass is 9.98. The van der Waals surface area contributed by atoms with Crippen LogP contribution in [0.3, 0.4) is 0 Å². The van der Waals surface area contributed by atoms with Gasteiger partial charge in [-0.2, -0.15) is 0 Å². The Morgan fingerprint density at radius 1 is 1.05 bits per heavy atom. The fourth-order valence-electron chi connectivity index (χ4n) is 4.83. The molecular formula is C29H33N3O3S2. The van der Waals surface area contributed by atoms with E-state index >= 15 is 0 Å². The number of hydrogen-bond donors (Lipinski definition) is 1. The number of thiocarbonyl (C=S) groups is 1. The third-order valence-corrected chi connectivity index (χ3v) is 8.39. The molecule has 2 heterocycles. The molecule has 1 atom stereocenters. The van der Waals surface area contributed by atoms with E-state index < -0.39 is 0 Å². The Morgan fingerprint density at radius 2 is 1.81 bits per heavy atom. The Hall–Kier alpha value is -2.97. The summed E-state index contributed by atoms with van der Waals surface area (Å²) in [4.78, 5) is 43.6. The number of rotatable bonds is 9. The van der Waals surface area contributed by atoms with Gasteiger partial charge in [-0.25, -0.2) is 0 Å². The summed E-state index contributed by atoms with van der Waals surface area (Å²) in [5.74, 6) is -0.505. The first-order chi connectivity index (χ1) is 17.7. The minimum atomic E-state index is -0.351. The maximum atomic E-state index is 13.7. The van der Waals surface area contributed by atoms with E-state index in [1.807, 2.05) is 56.3 Å². The van der Waals surface area contributed by atoms with Crippen LogP contribution >= 0.6 is 24.0 Å². The van der Waals surface area contributed by atoms with Gasteiger partial charge in [-0.1, -0.05) is 93.0 Å². The van der Waals surface area contributed by atoms with Crippen molar-refractivity contribution in [2.24, 2.45) is 5.92 Å². The lowest BCUT2D eigenvalue weighted by Crippen LogP contribution is -2.36. The highest BCUT2D eigenvalue weighted by Crippen LogP contribution is 2.44. The molecule has 0 radical (unpaired) electrons. The standard InChI is InChI=1S/C29H33N3O3S2/c1-5-7-10-20(6-2)16-32-28(35)26(37-29(32)36)25-21-11-8-9-12-23(21)31(27(25)34)17-24(33)30-22-14-13-18(3)15-19(22)4/h8-9,11-15,20H,5-7,10,16-17H2,1-4H3,(H,30,33)/b26-25-/t20-/m1/s1. The van der Waals surface area contributed by atoms with Crippen molar-refractivity contribution < 1.29 is 14.4 Å². The number of para-hydroxylation sites is 1. The molecule has 4 rings (SSSR count). The van der Waals surface area contributed by atoms with Crippen molar-refractivity contribution in [3.63, 3.8) is 0 Å². The topological polar surface area (TPSA) is 69.7 Å². The second kappa shape index (κ2) is 11.6. The van der Waals surface area contributed by atoms with Gasteiger partial charge in [0.05, 0.1) is 16.2 Å². The van der Waals surface area contributed by atoms with E-state index in [9.17, 15) is 14.4 Å². The fraction of sp³-hybridized carbons (Fsp3) is 0.379. The van der Waals surface area contributed by atoms with Crippen molar-refractivity contribution in [3.8, 4) is 0 Å². The van der Waals surface area contributed by atoms with Crippen LogP contribution in [-0.4, -0.2) is 40.0 Å². The van der Waals surface area contributed by atoms with Gasteiger partial charge in [-0.3, -0.25) is 24.2 Å². The average Bonchev–Trinajstić information content (AvgIpc) is 3.30. The molecule has 2 aliphatic heterocycles. The molecule has 1 N–H and O–H groups in total. The van der Waals surface area contributed by atoms with E-state index in [0.717, 1.165) is 36.8 Å². The maximum Gasteiger partial charge on any atom is 0.267 e. The highest BCUT2D eigenvalue weighted by molar-refractivity contribution is 8.26. The van der Waals surface area contributed by atoms with Crippen LogP contribution in [0.5, 0.6) is 0 Å². The monoisotopic (exact) mass is 535 g/mol. The Bertz CT molecular complexity index is 1290. The number of nitrogens with zero attached hydrogens (tertiary/aromatic N) is 2. The number of unbranched alkanes of at least 4 members (excludes halogenated alkanes) is 1. The van der Waals surface area contributed by atoms with Crippen LogP contribution in [0.2, 0.25) is 0 Å². The van der Waals surface area contributed by atoms with Gasteiger partial charge in [0.1, 0.15) is 10.9 Å². The SMILES string of the molecule is CCCC[C@@H](CC)CN1C(=O)/C(=C2/C(=O)N(CC(=O)Nc3ccc(C)cc3C)c3ccccc32)SC1=S. The zero-order valence-corrected chi connectivity index (χ0v) is 23.4. The molecule has 1 fully saturated rings. The normalized spacial score (nSPS) is 18.0. The first kappa shape index (κ1) is 27.1. The molecule has 0 saturated carbocycles. The summed E-state index contributed by atoms with van der Waals surface area (Å²) in [6, 6.07) is 13.1. The number of aryl methyl sites for hydroxylation is 2. The largest absolute Gasteiger partial charge is 0.324 e. The first-order valence-electron chi connectivity index (χ1n) is 12.8. The third kappa shape index (κ3) is 5.65. The van der Waals surface area contributed by atoms with Gasteiger partial charge >= 0.3 is 0 Å². The van der Waals surface area contributed by atoms with Gasteiger partial charge in [-0.05, 0) is 43.9 Å². The van der Waals surface area contributed by atoms with E-state index in [1.54, 1.807) is 4.90 Å². The van der Waals surface area contributed by atoms with E-state index in [-0.39, 0.29) is 24.3 Å². The van der Waals surface area contributed by atoms with Crippen molar-refractivity contribution in [2.45, 2.75) is 53.4 Å². The number of thioether (sulfide) groups is 1. The lowest BCUT2D eigenvalue weighted by molar-refractivity contribution is -0.123. The smallest absolute Gasteiger partial charge is 0.267 e. The van der Waals surface area contributed by atoms with Gasteiger partial charge < -0.3 is 5.32 Å². The Labute approximate surface area is 228 Å². The van der Waals surface area contributed by atoms with Crippen LogP contribution in [0.25, 0.3) is 5.57 Å². The Balaban J connectivity index is 1.59. The van der Waals surface area contributed by atoms with Gasteiger partial charge in [-0.15, -0.1) is 0 Å². The number of anilines is 2. The number of nitrogens with one attached hydrogen (secondary N) is 1. The van der Waals surface area contributed by atoms with Crippen LogP contribution < -0.4 is 10.2 Å². The van der Waals surface area contributed by atoms with E-state index in [1.165, 1.54) is 16.7 Å². The number of carbonyl (C=O) groups is 3. The van der Waals surface area contributed by atoms with Crippen LogP contribution in [-0.2, 0) is 14.4 Å². The van der Waals surface area contributed by atoms with E-state index in [2.05, 4.69) is 19.2 Å². The van der Waals surface area contributed by atoms with E-state index in [4.69, 9.17) is 12.2 Å². The molecule has 1 saturated heterocycles. The predicted octanol–water partition coefficient (Wildman–Crippen LogP) is 6.08. The third-order valence-electron chi connectivity index (χ3n) is 6.94. The Morgan fingerprint density at radius 3 is 2.51 bits per heavy atom. The van der Waals surface area contributed by atoms with Crippen molar-refractivity contribution in [1.82, 2.24) is 4.90 Å². The van der Waals surface area contributed by atoms with Crippen molar-refractivity contribution in [1.29, 1.82) is 0 Å². The zero-order chi connectivity index (χ0) is 26.7. The summed E-state index contributed by atoms with van der Waals surface area (Å²) >= 11 is 6.77. The quantitative estimate of drug-likeness (QED) is 0.311. The molecule has 0 spiro atoms. The molecule has 2 aromatic carbocycles. The molecule has 194 valence electrons. The predicted molar refractivity (Wildman–Crippen MR) is 155 cm³/mol. The molecule has 3 amide bonds. The number of benzene rings is 2. The van der Waals surface area contributed by atoms with Gasteiger partial charge in [0.2, 0.25) is 5.91 Å². The van der Waals surface area contributed by atoms with Crippen LogP contribution in [0, 0.1) is 19.8 Å². The minimum absolute atomic E-state index is 0.151. The number of fused-ring (bicyclic) bond motifs is 1. The van der Waals surface area contributed by atoms with Crippen molar-refractivity contribution in [3.05, 3.63) is 64.1 Å². The molecule has 0 aliphatic carbocycles. The summed E-state index contributed by atoms with van der Waals surface area (Å²) in [5.41, 5.74) is 4.39. The number of carbonyl (C=O) groups excluding carboxylic acids is 3. The van der Waals surface area contributed by atoms with Gasteiger partial charge in [0.15, 0.2) is 0 Å². The summed E-state index contributed by atoms with van der Waals surface area (Å²) in [5, 5.41) is 2.92. The van der Waals surface area contributed by atoms with Gasteiger partial charge in [0, 0.05) is 17.8 Å².